The fourth-order valence-corrected chi connectivity index (χ4v) is 2.60. The lowest BCUT2D eigenvalue weighted by Gasteiger charge is -2.14. The number of hydrogen-bond acceptors (Lipinski definition) is 3. The topological polar surface area (TPSA) is 67.2 Å². The largest absolute Gasteiger partial charge is 0.508 e. The summed E-state index contributed by atoms with van der Waals surface area (Å²) in [5.74, 6) is -0.0851. The number of nitrogens with zero attached hydrogens (tertiary/aromatic N) is 2. The number of alkyl halides is 3. The Morgan fingerprint density at radius 2 is 1.92 bits per heavy atom. The molecule has 1 amide bonds. The van der Waals surface area contributed by atoms with E-state index in [1.165, 1.54) is 11.6 Å². The van der Waals surface area contributed by atoms with Gasteiger partial charge in [-0.2, -0.15) is 18.3 Å². The van der Waals surface area contributed by atoms with Crippen molar-refractivity contribution in [1.29, 1.82) is 0 Å². The molecule has 1 heterocycles. The van der Waals surface area contributed by atoms with Crippen molar-refractivity contribution in [2.45, 2.75) is 52.8 Å². The van der Waals surface area contributed by atoms with Crippen molar-refractivity contribution in [3.05, 3.63) is 40.7 Å². The van der Waals surface area contributed by atoms with E-state index in [1.54, 1.807) is 19.1 Å². The van der Waals surface area contributed by atoms with Crippen LogP contribution in [0.2, 0.25) is 0 Å². The molecule has 0 bridgehead atoms. The summed E-state index contributed by atoms with van der Waals surface area (Å²) in [7, 11) is 0. The number of halogens is 3. The summed E-state index contributed by atoms with van der Waals surface area (Å²) in [4.78, 5) is 12.2. The molecule has 1 aromatic heterocycles. The quantitative estimate of drug-likeness (QED) is 0.769. The summed E-state index contributed by atoms with van der Waals surface area (Å²) >= 11 is 0. The Balaban J connectivity index is 2.06. The Morgan fingerprint density at radius 1 is 1.27 bits per heavy atom. The van der Waals surface area contributed by atoms with E-state index in [4.69, 9.17) is 0 Å². The predicted molar refractivity (Wildman–Crippen MR) is 92.1 cm³/mol. The third kappa shape index (κ3) is 4.56. The van der Waals surface area contributed by atoms with Gasteiger partial charge in [-0.3, -0.25) is 9.48 Å². The van der Waals surface area contributed by atoms with Gasteiger partial charge in [-0.05, 0) is 49.1 Å². The Morgan fingerprint density at radius 3 is 2.46 bits per heavy atom. The molecule has 0 spiro atoms. The van der Waals surface area contributed by atoms with E-state index in [9.17, 15) is 23.1 Å². The summed E-state index contributed by atoms with van der Waals surface area (Å²) in [6.45, 7) is 7.16. The molecule has 0 aliphatic carbocycles. The van der Waals surface area contributed by atoms with Crippen molar-refractivity contribution >= 4 is 11.6 Å². The number of aromatic nitrogens is 2. The molecule has 0 unspecified atom stereocenters. The molecule has 2 rings (SSSR count). The van der Waals surface area contributed by atoms with E-state index in [-0.39, 0.29) is 30.5 Å². The molecular formula is C18H22F3N3O2. The zero-order valence-corrected chi connectivity index (χ0v) is 15.1. The first-order chi connectivity index (χ1) is 12.0. The fraction of sp³-hybridized carbons (Fsp3) is 0.444. The van der Waals surface area contributed by atoms with E-state index in [0.717, 1.165) is 6.07 Å². The maximum Gasteiger partial charge on any atom is 0.435 e. The molecule has 2 aromatic rings. The van der Waals surface area contributed by atoms with Crippen LogP contribution in [0.15, 0.2) is 18.2 Å². The van der Waals surface area contributed by atoms with Gasteiger partial charge in [-0.15, -0.1) is 0 Å². The van der Waals surface area contributed by atoms with E-state index < -0.39 is 11.9 Å². The van der Waals surface area contributed by atoms with Crippen LogP contribution in [0.5, 0.6) is 5.75 Å². The molecule has 0 aliphatic rings. The van der Waals surface area contributed by atoms with Crippen LogP contribution in [0.3, 0.4) is 0 Å². The third-order valence-electron chi connectivity index (χ3n) is 4.09. The number of anilines is 1. The number of rotatable bonds is 5. The predicted octanol–water partition coefficient (Wildman–Crippen LogP) is 4.38. The number of phenols is 1. The summed E-state index contributed by atoms with van der Waals surface area (Å²) in [5.41, 5.74) is 1.36. The summed E-state index contributed by atoms with van der Waals surface area (Å²) < 4.78 is 39.2. The maximum atomic E-state index is 12.7. The number of hydrogen-bond donors (Lipinski definition) is 2. The van der Waals surface area contributed by atoms with Crippen molar-refractivity contribution in [2.75, 3.05) is 5.32 Å². The van der Waals surface area contributed by atoms with Crippen LogP contribution in [-0.4, -0.2) is 20.8 Å². The Hall–Kier alpha value is -2.51. The highest BCUT2D eigenvalue weighted by Gasteiger charge is 2.34. The SMILES string of the molecule is Cc1cc(O)c(C(C)C)cc1NC(=O)CCn1nc(C(F)(F)F)cc1C. The second-order valence-electron chi connectivity index (χ2n) is 6.57. The lowest BCUT2D eigenvalue weighted by Crippen LogP contribution is -2.17. The molecule has 5 nitrogen and oxygen atoms in total. The van der Waals surface area contributed by atoms with E-state index in [0.29, 0.717) is 22.5 Å². The molecule has 8 heteroatoms. The number of amides is 1. The molecular weight excluding hydrogens is 347 g/mol. The van der Waals surface area contributed by atoms with Gasteiger partial charge < -0.3 is 10.4 Å². The van der Waals surface area contributed by atoms with E-state index >= 15 is 0 Å². The highest BCUT2D eigenvalue weighted by molar-refractivity contribution is 5.91. The molecule has 0 atom stereocenters. The molecule has 0 saturated heterocycles. The van der Waals surface area contributed by atoms with Crippen LogP contribution in [0, 0.1) is 13.8 Å². The van der Waals surface area contributed by atoms with Gasteiger partial charge >= 0.3 is 6.18 Å². The zero-order valence-electron chi connectivity index (χ0n) is 15.1. The molecule has 0 fully saturated rings. The van der Waals surface area contributed by atoms with Crippen molar-refractivity contribution in [1.82, 2.24) is 9.78 Å². The van der Waals surface area contributed by atoms with Gasteiger partial charge in [-0.25, -0.2) is 0 Å². The van der Waals surface area contributed by atoms with Crippen molar-refractivity contribution in [3.63, 3.8) is 0 Å². The molecule has 0 aliphatic heterocycles. The lowest BCUT2D eigenvalue weighted by molar-refractivity contribution is -0.141. The molecule has 0 radical (unpaired) electrons. The number of carbonyl (C=O) groups is 1. The smallest absolute Gasteiger partial charge is 0.435 e. The minimum atomic E-state index is -4.51. The van der Waals surface area contributed by atoms with Gasteiger partial charge in [0.25, 0.3) is 0 Å². The second-order valence-corrected chi connectivity index (χ2v) is 6.57. The lowest BCUT2D eigenvalue weighted by atomic mass is 9.99. The number of aromatic hydroxyl groups is 1. The molecule has 142 valence electrons. The van der Waals surface area contributed by atoms with Crippen LogP contribution in [0.25, 0.3) is 0 Å². The van der Waals surface area contributed by atoms with Crippen molar-refractivity contribution in [2.24, 2.45) is 0 Å². The number of benzene rings is 1. The highest BCUT2D eigenvalue weighted by Crippen LogP contribution is 2.31. The van der Waals surface area contributed by atoms with Crippen LogP contribution in [-0.2, 0) is 17.5 Å². The van der Waals surface area contributed by atoms with Crippen LogP contribution in [0.4, 0.5) is 18.9 Å². The second kappa shape index (κ2) is 7.39. The Kier molecular flexibility index (Phi) is 5.63. The minimum absolute atomic E-state index is 0.0167. The van der Waals surface area contributed by atoms with Crippen LogP contribution >= 0.6 is 0 Å². The number of aryl methyl sites for hydroxylation is 3. The summed E-state index contributed by atoms with van der Waals surface area (Å²) in [5, 5.41) is 16.2. The van der Waals surface area contributed by atoms with Gasteiger partial charge in [0.05, 0.1) is 0 Å². The maximum absolute atomic E-state index is 12.7. The van der Waals surface area contributed by atoms with Gasteiger partial charge in [0.2, 0.25) is 5.91 Å². The minimum Gasteiger partial charge on any atom is -0.508 e. The van der Waals surface area contributed by atoms with Gasteiger partial charge in [0.15, 0.2) is 5.69 Å². The Bertz CT molecular complexity index is 811. The average Bonchev–Trinajstić information content (AvgIpc) is 2.89. The molecule has 1 aromatic carbocycles. The van der Waals surface area contributed by atoms with Gasteiger partial charge in [0, 0.05) is 24.3 Å². The van der Waals surface area contributed by atoms with Crippen LogP contribution < -0.4 is 5.32 Å². The molecule has 26 heavy (non-hydrogen) atoms. The highest BCUT2D eigenvalue weighted by atomic mass is 19.4. The van der Waals surface area contributed by atoms with E-state index in [1.807, 2.05) is 13.8 Å². The number of nitrogens with one attached hydrogen (secondary N) is 1. The van der Waals surface area contributed by atoms with Crippen molar-refractivity contribution in [3.8, 4) is 5.75 Å². The summed E-state index contributed by atoms with van der Waals surface area (Å²) in [6.07, 6.45) is -4.52. The fourth-order valence-electron chi connectivity index (χ4n) is 2.60. The first kappa shape index (κ1) is 19.8. The zero-order chi connectivity index (χ0) is 19.6. The van der Waals surface area contributed by atoms with Crippen LogP contribution in [0.1, 0.15) is 48.7 Å². The molecule has 2 N–H and O–H groups in total. The Labute approximate surface area is 149 Å². The number of phenolic OH excluding ortho intramolecular Hbond substituents is 1. The first-order valence-corrected chi connectivity index (χ1v) is 8.24. The van der Waals surface area contributed by atoms with Gasteiger partial charge in [-0.1, -0.05) is 13.8 Å². The monoisotopic (exact) mass is 369 g/mol. The summed E-state index contributed by atoms with van der Waals surface area (Å²) in [6, 6.07) is 4.25. The van der Waals surface area contributed by atoms with E-state index in [2.05, 4.69) is 10.4 Å². The van der Waals surface area contributed by atoms with Crippen molar-refractivity contribution < 1.29 is 23.1 Å². The third-order valence-corrected chi connectivity index (χ3v) is 4.09. The normalized spacial score (nSPS) is 11.8. The number of carbonyl (C=O) groups excluding carboxylic acids is 1. The first-order valence-electron chi connectivity index (χ1n) is 8.24. The standard InChI is InChI=1S/C18H22F3N3O2/c1-10(2)13-9-14(11(3)7-15(13)25)22-17(26)5-6-24-12(4)8-16(23-24)18(19,20)21/h7-10,25H,5-6H2,1-4H3,(H,22,26). The molecule has 0 saturated carbocycles. The average molecular weight is 369 g/mol. The van der Waals surface area contributed by atoms with Gasteiger partial charge in [0.1, 0.15) is 5.75 Å².